The van der Waals surface area contributed by atoms with E-state index in [0.717, 1.165) is 19.3 Å². The van der Waals surface area contributed by atoms with Crippen molar-refractivity contribution in [3.05, 3.63) is 22.2 Å². The molecule has 1 rings (SSSR count). The zero-order valence-corrected chi connectivity index (χ0v) is 12.0. The molecule has 0 spiro atoms. The first-order valence-electron chi connectivity index (χ1n) is 5.94. The predicted octanol–water partition coefficient (Wildman–Crippen LogP) is 4.46. The minimum atomic E-state index is -0.171. The number of anilines is 1. The lowest BCUT2D eigenvalue weighted by Gasteiger charge is -2.12. The van der Waals surface area contributed by atoms with E-state index >= 15 is 0 Å². The van der Waals surface area contributed by atoms with Crippen LogP contribution in [0.5, 0.6) is 5.75 Å². The van der Waals surface area contributed by atoms with Crippen molar-refractivity contribution in [1.29, 1.82) is 0 Å². The molecule has 0 aliphatic heterocycles. The number of hydrogen-bond acceptors (Lipinski definition) is 2. The fourth-order valence-electron chi connectivity index (χ4n) is 1.54. The Hall–Kier alpha value is -0.930. The average molecular weight is 290 g/mol. The Labute approximate surface area is 117 Å². The number of nitrogens with one attached hydrogen (secondary N) is 1. The van der Waals surface area contributed by atoms with Crippen LogP contribution in [0.25, 0.3) is 0 Å². The summed E-state index contributed by atoms with van der Waals surface area (Å²) >= 11 is 11.6. The van der Waals surface area contributed by atoms with Crippen molar-refractivity contribution >= 4 is 34.8 Å². The number of rotatable bonds is 5. The maximum Gasteiger partial charge on any atom is 0.227 e. The van der Waals surface area contributed by atoms with Crippen molar-refractivity contribution in [1.82, 2.24) is 0 Å². The molecular formula is C13H17Cl2NO2. The van der Waals surface area contributed by atoms with Crippen LogP contribution in [0.15, 0.2) is 12.1 Å². The lowest BCUT2D eigenvalue weighted by molar-refractivity contribution is -0.119. The number of aromatic hydroxyl groups is 1. The van der Waals surface area contributed by atoms with Crippen LogP contribution in [-0.2, 0) is 4.79 Å². The molecule has 1 aromatic rings. The number of unbranched alkanes of at least 4 members (excludes halogenated alkanes) is 1. The van der Waals surface area contributed by atoms with Gasteiger partial charge in [0.1, 0.15) is 0 Å². The molecule has 0 aliphatic carbocycles. The van der Waals surface area contributed by atoms with Gasteiger partial charge in [0.2, 0.25) is 5.91 Å². The second-order valence-corrected chi connectivity index (χ2v) is 5.14. The molecule has 3 nitrogen and oxygen atoms in total. The van der Waals surface area contributed by atoms with E-state index < -0.39 is 0 Å². The second-order valence-electron chi connectivity index (χ2n) is 4.32. The summed E-state index contributed by atoms with van der Waals surface area (Å²) in [6.07, 6.45) is 2.93. The standard InChI is InChI=1S/C13H17Cl2NO2/c1-3-4-5-8(2)13(18)16-9-6-10(14)12(17)11(15)7-9/h6-8,17H,3-5H2,1-2H3,(H,16,18). The molecule has 0 radical (unpaired) electrons. The van der Waals surface area contributed by atoms with Crippen molar-refractivity contribution in [2.75, 3.05) is 5.32 Å². The first kappa shape index (κ1) is 15.1. The second kappa shape index (κ2) is 6.86. The summed E-state index contributed by atoms with van der Waals surface area (Å²) in [5, 5.41) is 12.4. The summed E-state index contributed by atoms with van der Waals surface area (Å²) in [5.74, 6) is -0.298. The van der Waals surface area contributed by atoms with Gasteiger partial charge in [0.15, 0.2) is 5.75 Å². The highest BCUT2D eigenvalue weighted by Crippen LogP contribution is 2.34. The first-order chi connectivity index (χ1) is 8.45. The number of carbonyl (C=O) groups excluding carboxylic acids is 1. The summed E-state index contributed by atoms with van der Waals surface area (Å²) < 4.78 is 0. The minimum absolute atomic E-state index is 0.0590. The van der Waals surface area contributed by atoms with E-state index in [9.17, 15) is 9.90 Å². The van der Waals surface area contributed by atoms with Crippen molar-refractivity contribution < 1.29 is 9.90 Å². The van der Waals surface area contributed by atoms with E-state index in [-0.39, 0.29) is 27.6 Å². The number of amides is 1. The Balaban J connectivity index is 2.70. The number of phenolic OH excluding ortho intramolecular Hbond substituents is 1. The summed E-state index contributed by atoms with van der Waals surface area (Å²) in [6.45, 7) is 3.97. The maximum atomic E-state index is 11.9. The molecule has 18 heavy (non-hydrogen) atoms. The Morgan fingerprint density at radius 3 is 2.44 bits per heavy atom. The van der Waals surface area contributed by atoms with E-state index in [1.54, 1.807) is 0 Å². The van der Waals surface area contributed by atoms with E-state index in [0.29, 0.717) is 5.69 Å². The van der Waals surface area contributed by atoms with Gasteiger partial charge in [-0.1, -0.05) is 49.9 Å². The monoisotopic (exact) mass is 289 g/mol. The van der Waals surface area contributed by atoms with Crippen LogP contribution < -0.4 is 5.32 Å². The van der Waals surface area contributed by atoms with Gasteiger partial charge in [-0.15, -0.1) is 0 Å². The van der Waals surface area contributed by atoms with Crippen LogP contribution in [0.1, 0.15) is 33.1 Å². The highest BCUT2D eigenvalue weighted by Gasteiger charge is 2.14. The van der Waals surface area contributed by atoms with Crippen molar-refractivity contribution in [2.45, 2.75) is 33.1 Å². The van der Waals surface area contributed by atoms with Crippen LogP contribution in [-0.4, -0.2) is 11.0 Å². The van der Waals surface area contributed by atoms with Crippen LogP contribution in [0.4, 0.5) is 5.69 Å². The van der Waals surface area contributed by atoms with Gasteiger partial charge >= 0.3 is 0 Å². The normalized spacial score (nSPS) is 12.2. The Bertz CT molecular complexity index is 412. The molecule has 0 saturated carbocycles. The average Bonchev–Trinajstić information content (AvgIpc) is 2.32. The fraction of sp³-hybridized carbons (Fsp3) is 0.462. The highest BCUT2D eigenvalue weighted by atomic mass is 35.5. The summed E-state index contributed by atoms with van der Waals surface area (Å²) in [5.41, 5.74) is 0.496. The van der Waals surface area contributed by atoms with Gasteiger partial charge in [0, 0.05) is 11.6 Å². The molecule has 1 unspecified atom stereocenters. The SMILES string of the molecule is CCCCC(C)C(=O)Nc1cc(Cl)c(O)c(Cl)c1. The molecule has 1 atom stereocenters. The number of phenols is 1. The van der Waals surface area contributed by atoms with Crippen LogP contribution in [0.3, 0.4) is 0 Å². The van der Waals surface area contributed by atoms with Gasteiger partial charge in [0.05, 0.1) is 10.0 Å². The summed E-state index contributed by atoms with van der Waals surface area (Å²) in [7, 11) is 0. The molecule has 1 aromatic carbocycles. The van der Waals surface area contributed by atoms with Crippen LogP contribution in [0.2, 0.25) is 10.0 Å². The third kappa shape index (κ3) is 4.07. The molecular weight excluding hydrogens is 273 g/mol. The first-order valence-corrected chi connectivity index (χ1v) is 6.70. The van der Waals surface area contributed by atoms with E-state index in [1.807, 2.05) is 6.92 Å². The smallest absolute Gasteiger partial charge is 0.227 e. The molecule has 100 valence electrons. The largest absolute Gasteiger partial charge is 0.505 e. The van der Waals surface area contributed by atoms with E-state index in [1.165, 1.54) is 12.1 Å². The van der Waals surface area contributed by atoms with Gasteiger partial charge in [-0.05, 0) is 18.6 Å². The number of benzene rings is 1. The van der Waals surface area contributed by atoms with Gasteiger partial charge in [-0.3, -0.25) is 4.79 Å². The Kier molecular flexibility index (Phi) is 5.76. The Morgan fingerprint density at radius 2 is 1.94 bits per heavy atom. The third-order valence-corrected chi connectivity index (χ3v) is 3.30. The van der Waals surface area contributed by atoms with Gasteiger partial charge < -0.3 is 10.4 Å². The molecule has 5 heteroatoms. The zero-order chi connectivity index (χ0) is 13.7. The lowest BCUT2D eigenvalue weighted by atomic mass is 10.0. The number of hydrogen-bond donors (Lipinski definition) is 2. The molecule has 0 aromatic heterocycles. The topological polar surface area (TPSA) is 49.3 Å². The van der Waals surface area contributed by atoms with Crippen LogP contribution >= 0.6 is 23.2 Å². The van der Waals surface area contributed by atoms with Gasteiger partial charge in [-0.2, -0.15) is 0 Å². The molecule has 1 amide bonds. The number of halogens is 2. The van der Waals surface area contributed by atoms with Gasteiger partial charge in [0.25, 0.3) is 0 Å². The molecule has 2 N–H and O–H groups in total. The summed E-state index contributed by atoms with van der Waals surface area (Å²) in [4.78, 5) is 11.9. The highest BCUT2D eigenvalue weighted by molar-refractivity contribution is 6.37. The van der Waals surface area contributed by atoms with E-state index in [4.69, 9.17) is 23.2 Å². The Morgan fingerprint density at radius 1 is 1.39 bits per heavy atom. The summed E-state index contributed by atoms with van der Waals surface area (Å²) in [6, 6.07) is 2.96. The third-order valence-electron chi connectivity index (χ3n) is 2.72. The molecule has 0 bridgehead atoms. The minimum Gasteiger partial charge on any atom is -0.505 e. The van der Waals surface area contributed by atoms with Crippen molar-refractivity contribution in [3.63, 3.8) is 0 Å². The van der Waals surface area contributed by atoms with Crippen molar-refractivity contribution in [3.8, 4) is 5.75 Å². The van der Waals surface area contributed by atoms with Crippen molar-refractivity contribution in [2.24, 2.45) is 5.92 Å². The molecule has 0 fully saturated rings. The quantitative estimate of drug-likeness (QED) is 0.786. The lowest BCUT2D eigenvalue weighted by Crippen LogP contribution is -2.20. The number of carbonyl (C=O) groups is 1. The molecule has 0 saturated heterocycles. The predicted molar refractivity (Wildman–Crippen MR) is 75.4 cm³/mol. The van der Waals surface area contributed by atoms with Crippen LogP contribution in [0, 0.1) is 5.92 Å². The molecule has 0 heterocycles. The zero-order valence-electron chi connectivity index (χ0n) is 10.5. The molecule has 0 aliphatic rings. The fourth-order valence-corrected chi connectivity index (χ4v) is 2.03. The van der Waals surface area contributed by atoms with Gasteiger partial charge in [-0.25, -0.2) is 0 Å². The van der Waals surface area contributed by atoms with E-state index in [2.05, 4.69) is 12.2 Å². The maximum absolute atomic E-state index is 11.9.